The van der Waals surface area contributed by atoms with Crippen LogP contribution in [0.1, 0.15) is 17.8 Å². The summed E-state index contributed by atoms with van der Waals surface area (Å²) in [7, 11) is 0. The number of nitrogens with zero attached hydrogens (tertiary/aromatic N) is 2. The fourth-order valence-electron chi connectivity index (χ4n) is 3.03. The van der Waals surface area contributed by atoms with Crippen molar-refractivity contribution in [2.45, 2.75) is 13.0 Å². The van der Waals surface area contributed by atoms with Crippen LogP contribution in [0.15, 0.2) is 45.3 Å². The van der Waals surface area contributed by atoms with Crippen LogP contribution in [0.25, 0.3) is 10.9 Å². The number of fused-ring (bicyclic) bond motifs is 1. The third kappa shape index (κ3) is 3.15. The first kappa shape index (κ1) is 16.9. The topological polar surface area (TPSA) is 99.2 Å². The second-order valence-electron chi connectivity index (χ2n) is 5.96. The molecule has 1 aliphatic rings. The molecule has 0 radical (unpaired) electrons. The standard InChI is InChI=1S/C17H14BrN5O2S/c1-8-14(15(22-17(25)20-8)12-4-5-13(18)26-12)16(24)21-10-2-3-11-9(6-10)7-19-23-11/h2-7,14-15H,1H3,(H,19,23)(H,21,24)(H,22,25). The van der Waals surface area contributed by atoms with Gasteiger partial charge in [-0.05, 0) is 53.2 Å². The molecule has 0 spiro atoms. The number of amides is 3. The number of anilines is 1. The Morgan fingerprint density at radius 1 is 1.31 bits per heavy atom. The molecule has 2 atom stereocenters. The highest BCUT2D eigenvalue weighted by Crippen LogP contribution is 2.34. The number of halogens is 1. The van der Waals surface area contributed by atoms with Crippen LogP contribution in [-0.2, 0) is 4.79 Å². The number of urea groups is 1. The molecule has 26 heavy (non-hydrogen) atoms. The first-order valence-electron chi connectivity index (χ1n) is 7.86. The van der Waals surface area contributed by atoms with Crippen LogP contribution in [0.2, 0.25) is 0 Å². The van der Waals surface area contributed by atoms with Gasteiger partial charge in [0.15, 0.2) is 0 Å². The Kier molecular flexibility index (Phi) is 4.33. The molecule has 0 aliphatic carbocycles. The Labute approximate surface area is 161 Å². The smallest absolute Gasteiger partial charge is 0.327 e. The predicted molar refractivity (Wildman–Crippen MR) is 105 cm³/mol. The summed E-state index contributed by atoms with van der Waals surface area (Å²) in [6, 6.07) is 8.43. The number of hydrogen-bond acceptors (Lipinski definition) is 4. The number of aromatic amines is 1. The lowest BCUT2D eigenvalue weighted by Crippen LogP contribution is -2.45. The quantitative estimate of drug-likeness (QED) is 0.586. The van der Waals surface area contributed by atoms with Crippen LogP contribution in [0.3, 0.4) is 0 Å². The number of carbonyl (C=O) groups excluding carboxylic acids is 2. The Hall–Kier alpha value is -2.52. The number of nitrogens with one attached hydrogen (secondary N) is 3. The molecule has 0 saturated carbocycles. The van der Waals surface area contributed by atoms with Crippen molar-refractivity contribution < 1.29 is 9.59 Å². The maximum Gasteiger partial charge on any atom is 0.341 e. The molecule has 1 aromatic carbocycles. The highest BCUT2D eigenvalue weighted by atomic mass is 79.9. The van der Waals surface area contributed by atoms with E-state index < -0.39 is 18.0 Å². The third-order valence-electron chi connectivity index (χ3n) is 4.23. The van der Waals surface area contributed by atoms with Gasteiger partial charge in [0.05, 0.1) is 21.5 Å². The number of hydrogen-bond donors (Lipinski definition) is 3. The molecule has 132 valence electrons. The first-order valence-corrected chi connectivity index (χ1v) is 9.47. The zero-order valence-electron chi connectivity index (χ0n) is 13.6. The van der Waals surface area contributed by atoms with Gasteiger partial charge in [-0.1, -0.05) is 0 Å². The van der Waals surface area contributed by atoms with Gasteiger partial charge in [-0.2, -0.15) is 5.10 Å². The molecular formula is C17H14BrN5O2S. The van der Waals surface area contributed by atoms with Crippen LogP contribution in [-0.4, -0.2) is 27.8 Å². The Bertz CT molecular complexity index is 1040. The highest BCUT2D eigenvalue weighted by molar-refractivity contribution is 9.11. The molecule has 3 aromatic rings. The van der Waals surface area contributed by atoms with Crippen LogP contribution in [0.5, 0.6) is 0 Å². The van der Waals surface area contributed by atoms with Crippen molar-refractivity contribution in [1.29, 1.82) is 0 Å². The number of thiophene rings is 1. The van der Waals surface area contributed by atoms with Crippen molar-refractivity contribution >= 4 is 61.5 Å². The fourth-order valence-corrected chi connectivity index (χ4v) is 4.54. The largest absolute Gasteiger partial charge is 0.341 e. The van der Waals surface area contributed by atoms with E-state index in [-0.39, 0.29) is 5.91 Å². The number of carbonyl (C=O) groups is 2. The summed E-state index contributed by atoms with van der Waals surface area (Å²) in [5.41, 5.74) is 2.05. The SMILES string of the molecule is CC1=NC(=O)NC(c2ccc(Br)s2)C1C(=O)Nc1ccc2[nH]ncc2c1. The second kappa shape index (κ2) is 6.65. The minimum absolute atomic E-state index is 0.219. The lowest BCUT2D eigenvalue weighted by Gasteiger charge is -2.29. The van der Waals surface area contributed by atoms with Crippen molar-refractivity contribution in [3.8, 4) is 0 Å². The van der Waals surface area contributed by atoms with Crippen molar-refractivity contribution in [2.75, 3.05) is 5.32 Å². The molecule has 1 aliphatic heterocycles. The molecule has 0 bridgehead atoms. The first-order chi connectivity index (χ1) is 12.5. The monoisotopic (exact) mass is 431 g/mol. The summed E-state index contributed by atoms with van der Waals surface area (Å²) in [5, 5.41) is 13.5. The zero-order chi connectivity index (χ0) is 18.3. The molecule has 2 unspecified atom stereocenters. The molecule has 3 N–H and O–H groups in total. The van der Waals surface area contributed by atoms with Crippen molar-refractivity contribution in [2.24, 2.45) is 10.9 Å². The van der Waals surface area contributed by atoms with E-state index in [1.165, 1.54) is 11.3 Å². The summed E-state index contributed by atoms with van der Waals surface area (Å²) in [6.45, 7) is 1.71. The van der Waals surface area contributed by atoms with Gasteiger partial charge in [0.2, 0.25) is 5.91 Å². The van der Waals surface area contributed by atoms with Gasteiger partial charge in [0.25, 0.3) is 0 Å². The van der Waals surface area contributed by atoms with E-state index in [0.29, 0.717) is 11.4 Å². The fraction of sp³-hybridized carbons (Fsp3) is 0.176. The number of benzene rings is 1. The molecule has 3 amide bonds. The number of rotatable bonds is 3. The highest BCUT2D eigenvalue weighted by Gasteiger charge is 2.37. The van der Waals surface area contributed by atoms with Crippen molar-refractivity contribution in [3.05, 3.63) is 45.2 Å². The van der Waals surface area contributed by atoms with Crippen LogP contribution >= 0.6 is 27.3 Å². The average Bonchev–Trinajstić information content (AvgIpc) is 3.22. The van der Waals surface area contributed by atoms with Crippen LogP contribution in [0, 0.1) is 5.92 Å². The zero-order valence-corrected chi connectivity index (χ0v) is 16.0. The molecule has 4 rings (SSSR count). The number of aliphatic imine (C=N–C) groups is 1. The Morgan fingerprint density at radius 2 is 2.15 bits per heavy atom. The van der Waals surface area contributed by atoms with E-state index in [1.807, 2.05) is 30.3 Å². The molecule has 7 nitrogen and oxygen atoms in total. The molecule has 0 saturated heterocycles. The average molecular weight is 432 g/mol. The van der Waals surface area contributed by atoms with E-state index in [9.17, 15) is 9.59 Å². The molecule has 3 heterocycles. The van der Waals surface area contributed by atoms with Gasteiger partial charge < -0.3 is 10.6 Å². The lowest BCUT2D eigenvalue weighted by atomic mass is 9.91. The van der Waals surface area contributed by atoms with Crippen molar-refractivity contribution in [1.82, 2.24) is 15.5 Å². The number of H-pyrrole nitrogens is 1. The Balaban J connectivity index is 1.64. The van der Waals surface area contributed by atoms with E-state index >= 15 is 0 Å². The van der Waals surface area contributed by atoms with Gasteiger partial charge in [0, 0.05) is 21.7 Å². The van der Waals surface area contributed by atoms with Gasteiger partial charge in [0.1, 0.15) is 5.92 Å². The van der Waals surface area contributed by atoms with Gasteiger partial charge >= 0.3 is 6.03 Å². The summed E-state index contributed by atoms with van der Waals surface area (Å²) in [5.74, 6) is -0.804. The maximum absolute atomic E-state index is 13.0. The van der Waals surface area contributed by atoms with E-state index in [2.05, 4.69) is 41.8 Å². The summed E-state index contributed by atoms with van der Waals surface area (Å²) < 4.78 is 0.937. The summed E-state index contributed by atoms with van der Waals surface area (Å²) in [4.78, 5) is 29.7. The Morgan fingerprint density at radius 3 is 2.92 bits per heavy atom. The minimum atomic E-state index is -0.585. The molecule has 0 fully saturated rings. The predicted octanol–water partition coefficient (Wildman–Crippen LogP) is 3.87. The number of aromatic nitrogens is 2. The normalized spacial score (nSPS) is 19.9. The van der Waals surface area contributed by atoms with Gasteiger partial charge in [-0.25, -0.2) is 9.79 Å². The molecule has 9 heteroatoms. The third-order valence-corrected chi connectivity index (χ3v) is 5.94. The van der Waals surface area contributed by atoms with Crippen LogP contribution in [0.4, 0.5) is 10.5 Å². The van der Waals surface area contributed by atoms with Crippen LogP contribution < -0.4 is 10.6 Å². The van der Waals surface area contributed by atoms with Crippen molar-refractivity contribution in [3.63, 3.8) is 0 Å². The lowest BCUT2D eigenvalue weighted by molar-refractivity contribution is -0.118. The molecular weight excluding hydrogens is 418 g/mol. The molecule has 2 aromatic heterocycles. The second-order valence-corrected chi connectivity index (χ2v) is 8.46. The van der Waals surface area contributed by atoms with E-state index in [4.69, 9.17) is 0 Å². The van der Waals surface area contributed by atoms with E-state index in [0.717, 1.165) is 19.6 Å². The maximum atomic E-state index is 13.0. The van der Waals surface area contributed by atoms with Gasteiger partial charge in [-0.3, -0.25) is 9.89 Å². The summed E-state index contributed by atoms with van der Waals surface area (Å²) in [6.07, 6.45) is 1.70. The minimum Gasteiger partial charge on any atom is -0.327 e. The van der Waals surface area contributed by atoms with Gasteiger partial charge in [-0.15, -0.1) is 11.3 Å². The summed E-state index contributed by atoms with van der Waals surface area (Å²) >= 11 is 4.91. The van der Waals surface area contributed by atoms with E-state index in [1.54, 1.807) is 13.1 Å².